The fourth-order valence-corrected chi connectivity index (χ4v) is 1.75. The van der Waals surface area contributed by atoms with Gasteiger partial charge >= 0.3 is 5.97 Å². The summed E-state index contributed by atoms with van der Waals surface area (Å²) in [5.74, 6) is -5.44. The largest absolute Gasteiger partial charge is 0.481 e. The van der Waals surface area contributed by atoms with Crippen molar-refractivity contribution in [3.8, 4) is 0 Å². The summed E-state index contributed by atoms with van der Waals surface area (Å²) in [6, 6.07) is -1.36. The lowest BCUT2D eigenvalue weighted by atomic mass is 9.83. The van der Waals surface area contributed by atoms with E-state index in [1.165, 1.54) is 0 Å². The molecule has 86 valence electrons. The molecule has 1 rings (SSSR count). The summed E-state index contributed by atoms with van der Waals surface area (Å²) in [5, 5.41) is 10.8. The first kappa shape index (κ1) is 11.9. The van der Waals surface area contributed by atoms with E-state index in [0.717, 1.165) is 6.92 Å². The van der Waals surface area contributed by atoms with Gasteiger partial charge in [0, 0.05) is 13.3 Å². The van der Waals surface area contributed by atoms with Crippen LogP contribution in [0.25, 0.3) is 0 Å². The number of nitrogens with one attached hydrogen (secondary N) is 1. The summed E-state index contributed by atoms with van der Waals surface area (Å²) in [6.07, 6.45) is -0.741. The molecular formula is C9H13F2NO3. The van der Waals surface area contributed by atoms with Crippen molar-refractivity contribution < 1.29 is 23.5 Å². The molecule has 0 spiro atoms. The van der Waals surface area contributed by atoms with Gasteiger partial charge in [0.25, 0.3) is 5.92 Å². The zero-order valence-corrected chi connectivity index (χ0v) is 8.30. The molecule has 0 saturated heterocycles. The second kappa shape index (κ2) is 4.12. The summed E-state index contributed by atoms with van der Waals surface area (Å²) in [7, 11) is 0. The molecule has 1 aliphatic rings. The number of aliphatic carboxylic acids is 1. The summed E-state index contributed by atoms with van der Waals surface area (Å²) in [6.45, 7) is 1.14. The number of carbonyl (C=O) groups excluding carboxylic acids is 1. The lowest BCUT2D eigenvalue weighted by molar-refractivity contribution is -0.149. The van der Waals surface area contributed by atoms with Crippen LogP contribution in [0.4, 0.5) is 8.78 Å². The van der Waals surface area contributed by atoms with E-state index >= 15 is 0 Å². The minimum atomic E-state index is -3.00. The summed E-state index contributed by atoms with van der Waals surface area (Å²) in [4.78, 5) is 21.3. The molecule has 6 heteroatoms. The molecule has 4 nitrogen and oxygen atoms in total. The Bertz CT molecular complexity index is 281. The molecule has 0 aromatic heterocycles. The van der Waals surface area contributed by atoms with Gasteiger partial charge in [0.2, 0.25) is 5.91 Å². The van der Waals surface area contributed by atoms with E-state index in [2.05, 4.69) is 5.32 Å². The minimum Gasteiger partial charge on any atom is -0.481 e. The lowest BCUT2D eigenvalue weighted by Crippen LogP contribution is -2.51. The van der Waals surface area contributed by atoms with Crippen LogP contribution in [0.1, 0.15) is 26.2 Å². The highest BCUT2D eigenvalue weighted by atomic mass is 19.3. The second-order valence-corrected chi connectivity index (χ2v) is 3.82. The zero-order valence-electron chi connectivity index (χ0n) is 8.30. The summed E-state index contributed by atoms with van der Waals surface area (Å²) in [5.41, 5.74) is 0. The Morgan fingerprint density at radius 3 is 2.53 bits per heavy atom. The van der Waals surface area contributed by atoms with Gasteiger partial charge in [-0.05, 0) is 12.8 Å². The minimum absolute atomic E-state index is 0.0432. The molecule has 2 N–H and O–H groups in total. The van der Waals surface area contributed by atoms with Gasteiger partial charge in [-0.1, -0.05) is 0 Å². The molecule has 0 unspecified atom stereocenters. The maximum absolute atomic E-state index is 13.3. The van der Waals surface area contributed by atoms with E-state index in [1.54, 1.807) is 0 Å². The lowest BCUT2D eigenvalue weighted by Gasteiger charge is -2.34. The maximum Gasteiger partial charge on any atom is 0.306 e. The van der Waals surface area contributed by atoms with E-state index in [4.69, 9.17) is 5.11 Å². The third-order valence-electron chi connectivity index (χ3n) is 2.58. The molecule has 2 atom stereocenters. The van der Waals surface area contributed by atoms with Crippen molar-refractivity contribution in [3.05, 3.63) is 0 Å². The number of halogens is 2. The first-order valence-electron chi connectivity index (χ1n) is 4.70. The first-order chi connectivity index (χ1) is 6.83. The van der Waals surface area contributed by atoms with Gasteiger partial charge in [-0.2, -0.15) is 0 Å². The van der Waals surface area contributed by atoms with Gasteiger partial charge in [0.1, 0.15) is 0 Å². The molecule has 1 fully saturated rings. The molecule has 0 aromatic rings. The number of hydrogen-bond donors (Lipinski definition) is 2. The van der Waals surface area contributed by atoms with E-state index in [1.807, 2.05) is 0 Å². The van der Waals surface area contributed by atoms with Gasteiger partial charge in [0.05, 0.1) is 12.0 Å². The second-order valence-electron chi connectivity index (χ2n) is 3.82. The SMILES string of the molecule is CC(=O)N[C@@H]1C[C@@H](C(=O)O)CCC1(F)F. The number of carboxylic acid groups (broad SMARTS) is 1. The Kier molecular flexibility index (Phi) is 3.26. The Morgan fingerprint density at radius 2 is 2.07 bits per heavy atom. The van der Waals surface area contributed by atoms with Crippen molar-refractivity contribution >= 4 is 11.9 Å². The summed E-state index contributed by atoms with van der Waals surface area (Å²) >= 11 is 0. The third kappa shape index (κ3) is 2.87. The van der Waals surface area contributed by atoms with Crippen LogP contribution in [0, 0.1) is 5.92 Å². The number of alkyl halides is 2. The van der Waals surface area contributed by atoms with Crippen molar-refractivity contribution in [1.29, 1.82) is 0 Å². The predicted octanol–water partition coefficient (Wildman–Crippen LogP) is 1.01. The van der Waals surface area contributed by atoms with Crippen molar-refractivity contribution in [3.63, 3.8) is 0 Å². The standard InChI is InChI=1S/C9H13F2NO3/c1-5(13)12-7-4-6(8(14)15)2-3-9(7,10)11/h6-7H,2-4H2,1H3,(H,12,13)(H,14,15)/t6-,7+/m0/s1. The van der Waals surface area contributed by atoms with Crippen LogP contribution in [0.3, 0.4) is 0 Å². The maximum atomic E-state index is 13.3. The van der Waals surface area contributed by atoms with E-state index < -0.39 is 36.2 Å². The highest BCUT2D eigenvalue weighted by Crippen LogP contribution is 2.36. The fraction of sp³-hybridized carbons (Fsp3) is 0.778. The average molecular weight is 221 g/mol. The molecule has 15 heavy (non-hydrogen) atoms. The van der Waals surface area contributed by atoms with Gasteiger partial charge in [0.15, 0.2) is 0 Å². The van der Waals surface area contributed by atoms with Gasteiger partial charge < -0.3 is 10.4 Å². The predicted molar refractivity (Wildman–Crippen MR) is 47.5 cm³/mol. The average Bonchev–Trinajstić information content (AvgIpc) is 2.07. The normalized spacial score (nSPS) is 29.5. The van der Waals surface area contributed by atoms with Gasteiger partial charge in [-0.25, -0.2) is 8.78 Å². The van der Waals surface area contributed by atoms with Crippen molar-refractivity contribution in [2.45, 2.75) is 38.2 Å². The monoisotopic (exact) mass is 221 g/mol. The van der Waals surface area contributed by atoms with Crippen LogP contribution in [0.2, 0.25) is 0 Å². The highest BCUT2D eigenvalue weighted by Gasteiger charge is 2.46. The number of amides is 1. The molecule has 1 saturated carbocycles. The quantitative estimate of drug-likeness (QED) is 0.731. The molecule has 0 radical (unpaired) electrons. The van der Waals surface area contributed by atoms with E-state index in [9.17, 15) is 18.4 Å². The van der Waals surface area contributed by atoms with Gasteiger partial charge in [-0.15, -0.1) is 0 Å². The topological polar surface area (TPSA) is 66.4 Å². The molecule has 0 bridgehead atoms. The van der Waals surface area contributed by atoms with Crippen LogP contribution in [0.15, 0.2) is 0 Å². The van der Waals surface area contributed by atoms with Crippen LogP contribution in [-0.4, -0.2) is 28.9 Å². The molecule has 1 amide bonds. The third-order valence-corrected chi connectivity index (χ3v) is 2.58. The smallest absolute Gasteiger partial charge is 0.306 e. The van der Waals surface area contributed by atoms with E-state index in [-0.39, 0.29) is 12.8 Å². The molecular weight excluding hydrogens is 208 g/mol. The molecule has 0 aliphatic heterocycles. The molecule has 0 heterocycles. The molecule has 1 aliphatic carbocycles. The number of hydrogen-bond acceptors (Lipinski definition) is 2. The van der Waals surface area contributed by atoms with Crippen molar-refractivity contribution in [2.24, 2.45) is 5.92 Å². The van der Waals surface area contributed by atoms with Crippen molar-refractivity contribution in [1.82, 2.24) is 5.32 Å². The Hall–Kier alpha value is -1.20. The van der Waals surface area contributed by atoms with Gasteiger partial charge in [-0.3, -0.25) is 9.59 Å². The highest BCUT2D eigenvalue weighted by molar-refractivity contribution is 5.74. The van der Waals surface area contributed by atoms with Crippen LogP contribution in [-0.2, 0) is 9.59 Å². The molecule has 0 aromatic carbocycles. The number of carboxylic acids is 1. The number of carbonyl (C=O) groups is 2. The van der Waals surface area contributed by atoms with Crippen LogP contribution >= 0.6 is 0 Å². The van der Waals surface area contributed by atoms with Crippen LogP contribution < -0.4 is 5.32 Å². The Balaban J connectivity index is 2.70. The first-order valence-corrected chi connectivity index (χ1v) is 4.70. The zero-order chi connectivity index (χ0) is 11.6. The Morgan fingerprint density at radius 1 is 1.47 bits per heavy atom. The fourth-order valence-electron chi connectivity index (χ4n) is 1.75. The van der Waals surface area contributed by atoms with Crippen LogP contribution in [0.5, 0.6) is 0 Å². The Labute approximate surface area is 85.7 Å². The summed E-state index contributed by atoms with van der Waals surface area (Å²) < 4.78 is 26.5. The number of rotatable bonds is 2. The van der Waals surface area contributed by atoms with E-state index in [0.29, 0.717) is 0 Å². The van der Waals surface area contributed by atoms with Crippen molar-refractivity contribution in [2.75, 3.05) is 0 Å².